The van der Waals surface area contributed by atoms with Gasteiger partial charge in [-0.1, -0.05) is 12.1 Å². The molecule has 0 spiro atoms. The number of hydrogen-bond acceptors (Lipinski definition) is 5. The number of ether oxygens (including phenoxy) is 2. The van der Waals surface area contributed by atoms with Gasteiger partial charge in [-0.3, -0.25) is 4.99 Å². The van der Waals surface area contributed by atoms with Gasteiger partial charge in [-0.2, -0.15) is 0 Å². The number of guanidine groups is 1. The third kappa shape index (κ3) is 5.61. The summed E-state index contributed by atoms with van der Waals surface area (Å²) in [5.41, 5.74) is 1.72. The zero-order valence-electron chi connectivity index (χ0n) is 16.4. The topological polar surface area (TPSA) is 101 Å². The van der Waals surface area contributed by atoms with Crippen molar-refractivity contribution in [2.75, 3.05) is 33.1 Å². The summed E-state index contributed by atoms with van der Waals surface area (Å²) in [7, 11) is 1.22. The molecule has 0 fully saturated rings. The summed E-state index contributed by atoms with van der Waals surface area (Å²) in [6, 6.07) is 12.2. The molecule has 3 N–H and O–H groups in total. The van der Waals surface area contributed by atoms with Crippen LogP contribution in [0.4, 0.5) is 5.69 Å². The van der Waals surface area contributed by atoms with Gasteiger partial charge in [-0.15, -0.1) is 0 Å². The van der Waals surface area contributed by atoms with Crippen molar-refractivity contribution < 1.29 is 17.9 Å². The predicted octanol–water partition coefficient (Wildman–Crippen LogP) is 2.19. The van der Waals surface area contributed by atoms with Crippen molar-refractivity contribution in [3.8, 4) is 11.5 Å². The van der Waals surface area contributed by atoms with Crippen LogP contribution in [-0.2, 0) is 16.6 Å². The van der Waals surface area contributed by atoms with E-state index in [1.165, 1.54) is 7.05 Å². The Hall–Kier alpha value is -2.78. The Morgan fingerprint density at radius 1 is 1.11 bits per heavy atom. The summed E-state index contributed by atoms with van der Waals surface area (Å²) in [6.07, 6.45) is 0. The molecule has 0 saturated heterocycles. The Morgan fingerprint density at radius 3 is 2.39 bits per heavy atom. The van der Waals surface area contributed by atoms with Crippen LogP contribution in [0.15, 0.2) is 52.4 Å². The Bertz CT molecular complexity index is 912. The first kappa shape index (κ1) is 21.5. The second-order valence-corrected chi connectivity index (χ2v) is 7.59. The highest BCUT2D eigenvalue weighted by molar-refractivity contribution is 7.89. The Labute approximate surface area is 166 Å². The number of rotatable bonds is 8. The van der Waals surface area contributed by atoms with Crippen LogP contribution in [0.3, 0.4) is 0 Å². The summed E-state index contributed by atoms with van der Waals surface area (Å²) in [5.74, 6) is 1.87. The van der Waals surface area contributed by atoms with E-state index in [9.17, 15) is 8.42 Å². The first-order chi connectivity index (χ1) is 13.4. The molecule has 8 nitrogen and oxygen atoms in total. The molecular formula is C19H26N4O4S. The van der Waals surface area contributed by atoms with Gasteiger partial charge in [0.15, 0.2) is 17.5 Å². The van der Waals surface area contributed by atoms with Crippen LogP contribution in [0.1, 0.15) is 12.5 Å². The van der Waals surface area contributed by atoms with Gasteiger partial charge in [-0.05, 0) is 43.8 Å². The van der Waals surface area contributed by atoms with E-state index in [4.69, 9.17) is 9.47 Å². The minimum Gasteiger partial charge on any atom is -0.493 e. The molecule has 0 heterocycles. The van der Waals surface area contributed by atoms with Crippen molar-refractivity contribution >= 4 is 21.7 Å². The third-order valence-corrected chi connectivity index (χ3v) is 5.34. The highest BCUT2D eigenvalue weighted by Crippen LogP contribution is 2.30. The molecule has 152 valence electrons. The van der Waals surface area contributed by atoms with E-state index in [2.05, 4.69) is 20.3 Å². The minimum atomic E-state index is -3.43. The molecular weight excluding hydrogens is 380 g/mol. The molecule has 0 aliphatic heterocycles. The number of aliphatic imine (C=N–C) groups is 1. The number of hydrogen-bond donors (Lipinski definition) is 3. The number of sulfonamides is 1. The Balaban J connectivity index is 2.03. The van der Waals surface area contributed by atoms with Crippen molar-refractivity contribution in [1.82, 2.24) is 10.0 Å². The molecule has 2 aromatic rings. The molecule has 9 heteroatoms. The normalized spacial score (nSPS) is 11.8. The maximum absolute atomic E-state index is 11.8. The molecule has 0 atom stereocenters. The monoisotopic (exact) mass is 406 g/mol. The van der Waals surface area contributed by atoms with E-state index in [-0.39, 0.29) is 4.90 Å². The van der Waals surface area contributed by atoms with Gasteiger partial charge in [0.2, 0.25) is 10.0 Å². The highest BCUT2D eigenvalue weighted by atomic mass is 32.2. The number of nitrogens with zero attached hydrogens (tertiary/aromatic N) is 1. The Morgan fingerprint density at radius 2 is 1.82 bits per heavy atom. The van der Waals surface area contributed by atoms with E-state index in [0.717, 1.165) is 11.3 Å². The maximum Gasteiger partial charge on any atom is 0.240 e. The average Bonchev–Trinajstić information content (AvgIpc) is 2.72. The Kier molecular flexibility index (Phi) is 7.65. The lowest BCUT2D eigenvalue weighted by molar-refractivity contribution is 0.311. The van der Waals surface area contributed by atoms with Crippen LogP contribution in [0.5, 0.6) is 11.5 Å². The smallest absolute Gasteiger partial charge is 0.240 e. The molecule has 0 radical (unpaired) electrons. The molecule has 0 aromatic heterocycles. The van der Waals surface area contributed by atoms with Crippen molar-refractivity contribution in [3.05, 3.63) is 48.0 Å². The minimum absolute atomic E-state index is 0.225. The molecule has 0 aliphatic carbocycles. The second kappa shape index (κ2) is 9.95. The van der Waals surface area contributed by atoms with Crippen LogP contribution in [0, 0.1) is 0 Å². The quantitative estimate of drug-likeness (QED) is 0.459. The zero-order valence-corrected chi connectivity index (χ0v) is 17.3. The fraction of sp³-hybridized carbons (Fsp3) is 0.316. The fourth-order valence-corrected chi connectivity index (χ4v) is 3.16. The first-order valence-electron chi connectivity index (χ1n) is 8.74. The lowest BCUT2D eigenvalue weighted by Gasteiger charge is -2.15. The third-order valence-electron chi connectivity index (χ3n) is 3.91. The molecule has 0 aliphatic rings. The molecule has 2 aromatic carbocycles. The average molecular weight is 407 g/mol. The number of anilines is 1. The summed E-state index contributed by atoms with van der Waals surface area (Å²) in [5, 5.41) is 6.38. The van der Waals surface area contributed by atoms with Crippen molar-refractivity contribution in [3.63, 3.8) is 0 Å². The molecule has 0 saturated carbocycles. The van der Waals surface area contributed by atoms with Crippen LogP contribution in [0.2, 0.25) is 0 Å². The van der Waals surface area contributed by atoms with Crippen LogP contribution < -0.4 is 24.8 Å². The van der Waals surface area contributed by atoms with Crippen molar-refractivity contribution in [1.29, 1.82) is 0 Å². The van der Waals surface area contributed by atoms with E-state index in [1.54, 1.807) is 38.4 Å². The highest BCUT2D eigenvalue weighted by Gasteiger charge is 2.11. The lowest BCUT2D eigenvalue weighted by atomic mass is 10.2. The van der Waals surface area contributed by atoms with E-state index >= 15 is 0 Å². The van der Waals surface area contributed by atoms with Gasteiger partial charge in [0, 0.05) is 25.3 Å². The van der Waals surface area contributed by atoms with E-state index < -0.39 is 10.0 Å². The maximum atomic E-state index is 11.8. The SMILES string of the molecule is CCOc1cc(NC(=NC)NCc2ccc(S(=O)(=O)NC)cc2)ccc1OC. The van der Waals surface area contributed by atoms with E-state index in [0.29, 0.717) is 30.6 Å². The summed E-state index contributed by atoms with van der Waals surface area (Å²) in [6.45, 7) is 2.92. The number of methoxy groups -OCH3 is 1. The standard InChI is InChI=1S/C19H26N4O4S/c1-5-27-18-12-15(8-11-17(18)26-4)23-19(20-2)22-13-14-6-9-16(10-7-14)28(24,25)21-3/h6-12,21H,5,13H2,1-4H3,(H2,20,22,23). The largest absolute Gasteiger partial charge is 0.493 e. The lowest BCUT2D eigenvalue weighted by Crippen LogP contribution is -2.30. The van der Waals surface area contributed by atoms with Crippen molar-refractivity contribution in [2.45, 2.75) is 18.4 Å². The van der Waals surface area contributed by atoms with Gasteiger partial charge in [-0.25, -0.2) is 13.1 Å². The molecule has 0 bridgehead atoms. The van der Waals surface area contributed by atoms with Gasteiger partial charge in [0.1, 0.15) is 0 Å². The zero-order chi connectivity index (χ0) is 20.6. The van der Waals surface area contributed by atoms with Crippen LogP contribution in [0.25, 0.3) is 0 Å². The van der Waals surface area contributed by atoms with Gasteiger partial charge in [0.05, 0.1) is 18.6 Å². The van der Waals surface area contributed by atoms with Gasteiger partial charge in [0.25, 0.3) is 0 Å². The molecule has 0 unspecified atom stereocenters. The molecule has 28 heavy (non-hydrogen) atoms. The predicted molar refractivity (Wildman–Crippen MR) is 111 cm³/mol. The first-order valence-corrected chi connectivity index (χ1v) is 10.2. The number of nitrogens with one attached hydrogen (secondary N) is 3. The second-order valence-electron chi connectivity index (χ2n) is 5.70. The fourth-order valence-electron chi connectivity index (χ4n) is 2.43. The molecule has 2 rings (SSSR count). The number of benzene rings is 2. The van der Waals surface area contributed by atoms with Crippen LogP contribution in [-0.4, -0.2) is 42.2 Å². The van der Waals surface area contributed by atoms with E-state index in [1.807, 2.05) is 25.1 Å². The van der Waals surface area contributed by atoms with Gasteiger partial charge >= 0.3 is 0 Å². The molecule has 0 amide bonds. The van der Waals surface area contributed by atoms with Crippen molar-refractivity contribution in [2.24, 2.45) is 4.99 Å². The summed E-state index contributed by atoms with van der Waals surface area (Å²) < 4.78 is 36.7. The summed E-state index contributed by atoms with van der Waals surface area (Å²) >= 11 is 0. The van der Waals surface area contributed by atoms with Crippen LogP contribution >= 0.6 is 0 Å². The van der Waals surface area contributed by atoms with Gasteiger partial charge < -0.3 is 20.1 Å². The summed E-state index contributed by atoms with van der Waals surface area (Å²) in [4.78, 5) is 4.43.